The zero-order valence-electron chi connectivity index (χ0n) is 13.4. The van der Waals surface area contributed by atoms with E-state index in [4.69, 9.17) is 4.74 Å². The van der Waals surface area contributed by atoms with Gasteiger partial charge >= 0.3 is 5.97 Å². The zero-order chi connectivity index (χ0) is 18.3. The largest absolute Gasteiger partial charge is 0.461 e. The van der Waals surface area contributed by atoms with Crippen molar-refractivity contribution in [1.29, 1.82) is 0 Å². The molecule has 9 heteroatoms. The first kappa shape index (κ1) is 16.7. The first-order valence-corrected chi connectivity index (χ1v) is 7.55. The Morgan fingerprint density at radius 3 is 2.40 bits per heavy atom. The number of fused-ring (bicyclic) bond motifs is 1. The number of anilines is 1. The van der Waals surface area contributed by atoms with Crippen LogP contribution in [0.15, 0.2) is 29.4 Å². The van der Waals surface area contributed by atoms with Crippen LogP contribution in [-0.4, -0.2) is 47.1 Å². The topological polar surface area (TPSA) is 96.3 Å². The summed E-state index contributed by atoms with van der Waals surface area (Å²) in [6.07, 6.45) is 0. The van der Waals surface area contributed by atoms with Crippen LogP contribution in [0.3, 0.4) is 0 Å². The Morgan fingerprint density at radius 1 is 1.20 bits per heavy atom. The number of rotatable bonds is 3. The lowest BCUT2D eigenvalue weighted by Gasteiger charge is -2.19. The Labute approximate surface area is 141 Å². The van der Waals surface area contributed by atoms with Crippen LogP contribution in [0.2, 0.25) is 0 Å². The van der Waals surface area contributed by atoms with E-state index in [1.165, 1.54) is 19.1 Å². The molecule has 0 unspecified atom stereocenters. The lowest BCUT2D eigenvalue weighted by atomic mass is 9.98. The third kappa shape index (κ3) is 2.57. The molecule has 0 spiro atoms. The molecule has 0 aliphatic carbocycles. The van der Waals surface area contributed by atoms with Gasteiger partial charge in [0, 0.05) is 6.92 Å². The number of benzene rings is 1. The average Bonchev–Trinajstić information content (AvgIpc) is 3.07. The molecule has 2 atom stereocenters. The van der Waals surface area contributed by atoms with Gasteiger partial charge in [-0.3, -0.25) is 14.4 Å². The third-order valence-corrected chi connectivity index (χ3v) is 3.94. The van der Waals surface area contributed by atoms with E-state index in [2.05, 4.69) is 5.10 Å². The predicted molar refractivity (Wildman–Crippen MR) is 82.8 cm³/mol. The summed E-state index contributed by atoms with van der Waals surface area (Å²) in [5.74, 6) is -4.63. The number of carbonyl (C=O) groups excluding carboxylic acids is 4. The molecule has 1 aromatic carbocycles. The smallest absolute Gasteiger partial charge is 0.355 e. The van der Waals surface area contributed by atoms with Crippen LogP contribution < -0.4 is 4.90 Å². The van der Waals surface area contributed by atoms with Gasteiger partial charge in [-0.05, 0) is 31.2 Å². The number of imide groups is 1. The summed E-state index contributed by atoms with van der Waals surface area (Å²) in [4.78, 5) is 50.2. The molecule has 0 radical (unpaired) electrons. The second-order valence-corrected chi connectivity index (χ2v) is 5.48. The van der Waals surface area contributed by atoms with Crippen molar-refractivity contribution in [3.05, 3.63) is 30.1 Å². The summed E-state index contributed by atoms with van der Waals surface area (Å²) in [6, 6.07) is 3.51. The van der Waals surface area contributed by atoms with E-state index in [1.54, 1.807) is 6.92 Å². The SMILES string of the molecule is CCOC(=O)C1=NN(C(C)=O)[C@@H]2C(=O)N(c3ccc(F)cc3)C(=O)[C@H]12. The van der Waals surface area contributed by atoms with Gasteiger partial charge in [-0.25, -0.2) is 19.1 Å². The van der Waals surface area contributed by atoms with E-state index in [0.29, 0.717) is 0 Å². The number of hydrazone groups is 1. The number of halogens is 1. The standard InChI is InChI=1S/C16H14FN3O5/c1-3-25-16(24)12-11-13(20(18-12)8(2)21)15(23)19(14(11)22)10-6-4-9(17)5-7-10/h4-7,11,13H,3H2,1-2H3/t11-,13+/m1/s1. The minimum absolute atomic E-state index is 0.0547. The molecule has 0 bridgehead atoms. The number of nitrogens with zero attached hydrogens (tertiary/aromatic N) is 3. The minimum atomic E-state index is -1.24. The highest BCUT2D eigenvalue weighted by molar-refractivity contribution is 6.47. The van der Waals surface area contributed by atoms with Gasteiger partial charge in [0.1, 0.15) is 11.7 Å². The number of carbonyl (C=O) groups is 4. The van der Waals surface area contributed by atoms with Gasteiger partial charge in [0.15, 0.2) is 11.8 Å². The predicted octanol–water partition coefficient (Wildman–Crippen LogP) is 0.465. The van der Waals surface area contributed by atoms with Crippen molar-refractivity contribution < 1.29 is 28.3 Å². The Balaban J connectivity index is 2.03. The van der Waals surface area contributed by atoms with Crippen molar-refractivity contribution >= 4 is 35.1 Å². The van der Waals surface area contributed by atoms with E-state index >= 15 is 0 Å². The van der Waals surface area contributed by atoms with Crippen LogP contribution in [0, 0.1) is 11.7 Å². The van der Waals surface area contributed by atoms with Gasteiger partial charge in [-0.15, -0.1) is 0 Å². The molecule has 130 valence electrons. The molecule has 2 aliphatic heterocycles. The minimum Gasteiger partial charge on any atom is -0.461 e. The Hall–Kier alpha value is -3.10. The van der Waals surface area contributed by atoms with Gasteiger partial charge in [-0.1, -0.05) is 0 Å². The molecular weight excluding hydrogens is 333 g/mol. The summed E-state index contributed by atoms with van der Waals surface area (Å²) >= 11 is 0. The first-order chi connectivity index (χ1) is 11.9. The van der Waals surface area contributed by atoms with Gasteiger partial charge in [-0.2, -0.15) is 5.10 Å². The summed E-state index contributed by atoms with van der Waals surface area (Å²) in [5.41, 5.74) is -0.137. The molecule has 0 saturated carbocycles. The van der Waals surface area contributed by atoms with Gasteiger partial charge in [0.05, 0.1) is 12.3 Å². The van der Waals surface area contributed by atoms with E-state index in [1.807, 2.05) is 0 Å². The normalized spacial score (nSPS) is 22.1. The maximum absolute atomic E-state index is 13.1. The number of hydrogen-bond donors (Lipinski definition) is 0. The van der Waals surface area contributed by atoms with Gasteiger partial charge < -0.3 is 4.74 Å². The molecule has 1 saturated heterocycles. The van der Waals surface area contributed by atoms with Crippen LogP contribution in [0.5, 0.6) is 0 Å². The van der Waals surface area contributed by atoms with Crippen molar-refractivity contribution in [2.75, 3.05) is 11.5 Å². The Kier molecular flexibility index (Phi) is 4.07. The molecule has 1 fully saturated rings. The highest BCUT2D eigenvalue weighted by Gasteiger charge is 2.59. The molecule has 2 heterocycles. The van der Waals surface area contributed by atoms with Crippen molar-refractivity contribution in [3.8, 4) is 0 Å². The monoisotopic (exact) mass is 347 g/mol. The molecule has 3 rings (SSSR count). The van der Waals surface area contributed by atoms with E-state index < -0.39 is 41.5 Å². The summed E-state index contributed by atoms with van der Waals surface area (Å²) in [7, 11) is 0. The average molecular weight is 347 g/mol. The van der Waals surface area contributed by atoms with Crippen LogP contribution in [0.4, 0.5) is 10.1 Å². The summed E-state index contributed by atoms with van der Waals surface area (Å²) in [6.45, 7) is 2.81. The highest BCUT2D eigenvalue weighted by Crippen LogP contribution is 2.35. The van der Waals surface area contributed by atoms with E-state index in [9.17, 15) is 23.6 Å². The number of hydrogen-bond acceptors (Lipinski definition) is 6. The van der Waals surface area contributed by atoms with Crippen LogP contribution in [-0.2, 0) is 23.9 Å². The summed E-state index contributed by atoms with van der Waals surface area (Å²) < 4.78 is 18.0. The molecule has 8 nitrogen and oxygen atoms in total. The maximum atomic E-state index is 13.1. The second-order valence-electron chi connectivity index (χ2n) is 5.48. The Bertz CT molecular complexity index is 804. The van der Waals surface area contributed by atoms with Crippen LogP contribution >= 0.6 is 0 Å². The number of ether oxygens (including phenoxy) is 1. The molecule has 2 aliphatic rings. The van der Waals surface area contributed by atoms with Crippen molar-refractivity contribution in [2.24, 2.45) is 11.0 Å². The highest BCUT2D eigenvalue weighted by atomic mass is 19.1. The zero-order valence-corrected chi connectivity index (χ0v) is 13.4. The molecule has 0 N–H and O–H groups in total. The molecule has 1 aromatic rings. The van der Waals surface area contributed by atoms with Gasteiger partial charge in [0.25, 0.3) is 5.91 Å². The van der Waals surface area contributed by atoms with Crippen LogP contribution in [0.1, 0.15) is 13.8 Å². The lowest BCUT2D eigenvalue weighted by Crippen LogP contribution is -2.41. The van der Waals surface area contributed by atoms with Crippen LogP contribution in [0.25, 0.3) is 0 Å². The van der Waals surface area contributed by atoms with E-state index in [0.717, 1.165) is 22.0 Å². The molecule has 25 heavy (non-hydrogen) atoms. The fourth-order valence-corrected chi connectivity index (χ4v) is 2.89. The van der Waals surface area contributed by atoms with Crippen molar-refractivity contribution in [3.63, 3.8) is 0 Å². The quantitative estimate of drug-likeness (QED) is 0.585. The fourth-order valence-electron chi connectivity index (χ4n) is 2.89. The number of amides is 3. The number of esters is 1. The van der Waals surface area contributed by atoms with Gasteiger partial charge in [0.2, 0.25) is 11.8 Å². The Morgan fingerprint density at radius 2 is 1.84 bits per heavy atom. The lowest BCUT2D eigenvalue weighted by molar-refractivity contribution is -0.136. The molecular formula is C16H14FN3O5. The fraction of sp³-hybridized carbons (Fsp3) is 0.312. The second kappa shape index (κ2) is 6.08. The summed E-state index contributed by atoms with van der Waals surface area (Å²) in [5, 5.41) is 4.65. The molecule has 3 amide bonds. The first-order valence-electron chi connectivity index (χ1n) is 7.55. The van der Waals surface area contributed by atoms with E-state index in [-0.39, 0.29) is 18.0 Å². The molecule has 0 aromatic heterocycles. The van der Waals surface area contributed by atoms with Crippen molar-refractivity contribution in [2.45, 2.75) is 19.9 Å². The third-order valence-electron chi connectivity index (χ3n) is 3.94. The van der Waals surface area contributed by atoms with Crippen molar-refractivity contribution in [1.82, 2.24) is 5.01 Å². The maximum Gasteiger partial charge on any atom is 0.355 e.